The number of likely N-dealkylation sites (N-methyl/N-ethyl adjacent to an activating group) is 1. The average Bonchev–Trinajstić information content (AvgIpc) is 2.93. The van der Waals surface area contributed by atoms with E-state index < -0.39 is 0 Å². The molecule has 5 nitrogen and oxygen atoms in total. The van der Waals surface area contributed by atoms with Gasteiger partial charge in [-0.05, 0) is 31.5 Å². The minimum Gasteiger partial charge on any atom is -0.377 e. The first kappa shape index (κ1) is 17.7. The summed E-state index contributed by atoms with van der Waals surface area (Å²) in [6.45, 7) is 4.30. The molecule has 2 aromatic rings. The Morgan fingerprint density at radius 1 is 1.20 bits per heavy atom. The third-order valence-corrected chi connectivity index (χ3v) is 4.77. The summed E-state index contributed by atoms with van der Waals surface area (Å²) in [5.74, 6) is -0.0356. The van der Waals surface area contributed by atoms with Crippen LogP contribution in [0.3, 0.4) is 0 Å². The lowest BCUT2D eigenvalue weighted by atomic mass is 10.0. The Labute approximate surface area is 149 Å². The molecule has 25 heavy (non-hydrogen) atoms. The molecule has 0 aromatic heterocycles. The van der Waals surface area contributed by atoms with Crippen molar-refractivity contribution in [1.82, 2.24) is 10.2 Å². The number of ether oxygens (including phenoxy) is 1. The zero-order chi connectivity index (χ0) is 18.0. The highest BCUT2D eigenvalue weighted by atomic mass is 16.5. The van der Waals surface area contributed by atoms with E-state index in [2.05, 4.69) is 28.2 Å². The van der Waals surface area contributed by atoms with E-state index >= 15 is 0 Å². The lowest BCUT2D eigenvalue weighted by Crippen LogP contribution is -2.44. The van der Waals surface area contributed by atoms with Crippen LogP contribution in [0.25, 0.3) is 10.8 Å². The minimum absolute atomic E-state index is 0.0183. The zero-order valence-electron chi connectivity index (χ0n) is 15.5. The summed E-state index contributed by atoms with van der Waals surface area (Å²) in [5, 5.41) is 5.25. The van der Waals surface area contributed by atoms with Gasteiger partial charge in [0.15, 0.2) is 0 Å². The lowest BCUT2D eigenvalue weighted by molar-refractivity contribution is 0.0513. The van der Waals surface area contributed by atoms with Gasteiger partial charge in [-0.25, -0.2) is 0 Å². The van der Waals surface area contributed by atoms with Gasteiger partial charge in [0.05, 0.1) is 12.1 Å². The zero-order valence-corrected chi connectivity index (χ0v) is 15.5. The number of hydrogen-bond donors (Lipinski definition) is 1. The molecule has 3 rings (SSSR count). The Morgan fingerprint density at radius 2 is 1.92 bits per heavy atom. The molecule has 1 fully saturated rings. The van der Waals surface area contributed by atoms with Crippen molar-refractivity contribution in [2.45, 2.75) is 19.1 Å². The summed E-state index contributed by atoms with van der Waals surface area (Å²) in [6, 6.07) is 12.0. The molecule has 0 saturated carbocycles. The van der Waals surface area contributed by atoms with Crippen molar-refractivity contribution in [2.75, 3.05) is 45.7 Å². The quantitative estimate of drug-likeness (QED) is 0.907. The van der Waals surface area contributed by atoms with Crippen LogP contribution < -0.4 is 10.2 Å². The number of nitrogens with one attached hydrogen (secondary N) is 1. The number of nitrogens with zero attached hydrogens (tertiary/aromatic N) is 2. The Balaban J connectivity index is 1.89. The van der Waals surface area contributed by atoms with Crippen molar-refractivity contribution in [3.05, 3.63) is 42.0 Å². The van der Waals surface area contributed by atoms with Crippen molar-refractivity contribution < 1.29 is 9.53 Å². The predicted molar refractivity (Wildman–Crippen MR) is 102 cm³/mol. The van der Waals surface area contributed by atoms with Crippen LogP contribution in [-0.2, 0) is 4.74 Å². The van der Waals surface area contributed by atoms with E-state index in [1.165, 1.54) is 0 Å². The third-order valence-electron chi connectivity index (χ3n) is 4.77. The lowest BCUT2D eigenvalue weighted by Gasteiger charge is -2.21. The maximum atomic E-state index is 13.0. The first-order valence-electron chi connectivity index (χ1n) is 8.81. The molecule has 134 valence electrons. The molecule has 0 radical (unpaired) electrons. The summed E-state index contributed by atoms with van der Waals surface area (Å²) >= 11 is 0. The second kappa shape index (κ2) is 7.42. The first-order chi connectivity index (χ1) is 12.0. The molecule has 1 heterocycles. The summed E-state index contributed by atoms with van der Waals surface area (Å²) < 4.78 is 5.80. The van der Waals surface area contributed by atoms with Gasteiger partial charge >= 0.3 is 0 Å². The summed E-state index contributed by atoms with van der Waals surface area (Å²) in [6.07, 6.45) is 0.0475. The summed E-state index contributed by atoms with van der Waals surface area (Å²) in [5.41, 5.74) is 1.82. The molecule has 2 aromatic carbocycles. The number of fused-ring (bicyclic) bond motifs is 1. The Kier molecular flexibility index (Phi) is 5.25. The van der Waals surface area contributed by atoms with Crippen LogP contribution >= 0.6 is 0 Å². The van der Waals surface area contributed by atoms with Gasteiger partial charge in [-0.15, -0.1) is 0 Å². The monoisotopic (exact) mass is 341 g/mol. The van der Waals surface area contributed by atoms with E-state index in [-0.39, 0.29) is 18.1 Å². The van der Waals surface area contributed by atoms with Crippen LogP contribution in [0, 0.1) is 0 Å². The van der Waals surface area contributed by atoms with E-state index in [9.17, 15) is 4.79 Å². The minimum atomic E-state index is -0.0356. The van der Waals surface area contributed by atoms with Crippen molar-refractivity contribution in [3.8, 4) is 0 Å². The van der Waals surface area contributed by atoms with Gasteiger partial charge in [-0.1, -0.05) is 24.3 Å². The van der Waals surface area contributed by atoms with Crippen molar-refractivity contribution in [3.63, 3.8) is 0 Å². The number of anilines is 1. The average molecular weight is 341 g/mol. The van der Waals surface area contributed by atoms with E-state index in [0.29, 0.717) is 12.2 Å². The Morgan fingerprint density at radius 3 is 2.60 bits per heavy atom. The second-order valence-corrected chi connectivity index (χ2v) is 6.87. The normalized spacial score (nSPS) is 20.8. The van der Waals surface area contributed by atoms with Crippen LogP contribution in [0.1, 0.15) is 17.3 Å². The molecule has 1 aliphatic rings. The first-order valence-corrected chi connectivity index (χ1v) is 8.81. The number of hydrogen-bond acceptors (Lipinski definition) is 4. The SMILES string of the molecule is CCO[C@@H]1CN(C)C[C@H]1NC(=O)c1ccc(N(C)C)c2ccccc12. The number of carbonyl (C=O) groups excluding carboxylic acids is 1. The van der Waals surface area contributed by atoms with Crippen molar-refractivity contribution in [2.24, 2.45) is 0 Å². The summed E-state index contributed by atoms with van der Waals surface area (Å²) in [7, 11) is 6.09. The maximum Gasteiger partial charge on any atom is 0.252 e. The molecule has 5 heteroatoms. The molecule has 0 unspecified atom stereocenters. The number of rotatable bonds is 5. The Hall–Kier alpha value is -2.11. The number of amides is 1. The summed E-state index contributed by atoms with van der Waals surface area (Å²) in [4.78, 5) is 17.2. The highest BCUT2D eigenvalue weighted by molar-refractivity contribution is 6.10. The molecule has 1 amide bonds. The fourth-order valence-electron chi connectivity index (χ4n) is 3.60. The molecular formula is C20H27N3O2. The van der Waals surface area contributed by atoms with Crippen LogP contribution in [0.15, 0.2) is 36.4 Å². The topological polar surface area (TPSA) is 44.8 Å². The van der Waals surface area contributed by atoms with Gasteiger partial charge in [0.2, 0.25) is 0 Å². The van der Waals surface area contributed by atoms with E-state index in [4.69, 9.17) is 4.74 Å². The van der Waals surface area contributed by atoms with Gasteiger partial charge in [0.1, 0.15) is 0 Å². The van der Waals surface area contributed by atoms with Gasteiger partial charge in [0, 0.05) is 50.4 Å². The molecule has 2 atom stereocenters. The predicted octanol–water partition coefficient (Wildman–Crippen LogP) is 2.35. The van der Waals surface area contributed by atoms with Crippen LogP contribution in [0.4, 0.5) is 5.69 Å². The fraction of sp³-hybridized carbons (Fsp3) is 0.450. The maximum absolute atomic E-state index is 13.0. The number of likely N-dealkylation sites (tertiary alicyclic amines) is 1. The van der Waals surface area contributed by atoms with Crippen LogP contribution in [0.2, 0.25) is 0 Å². The van der Waals surface area contributed by atoms with Crippen LogP contribution in [-0.4, -0.2) is 63.8 Å². The second-order valence-electron chi connectivity index (χ2n) is 6.87. The van der Waals surface area contributed by atoms with E-state index in [1.54, 1.807) is 0 Å². The van der Waals surface area contributed by atoms with E-state index in [0.717, 1.165) is 29.5 Å². The molecule has 1 aliphatic heterocycles. The smallest absolute Gasteiger partial charge is 0.252 e. The molecule has 0 aliphatic carbocycles. The van der Waals surface area contributed by atoms with Gasteiger partial charge < -0.3 is 19.9 Å². The molecular weight excluding hydrogens is 314 g/mol. The fourth-order valence-corrected chi connectivity index (χ4v) is 3.60. The molecule has 0 bridgehead atoms. The highest BCUT2D eigenvalue weighted by Gasteiger charge is 2.32. The Bertz CT molecular complexity index is 760. The van der Waals surface area contributed by atoms with Gasteiger partial charge in [-0.3, -0.25) is 4.79 Å². The van der Waals surface area contributed by atoms with Crippen molar-refractivity contribution in [1.29, 1.82) is 0 Å². The highest BCUT2D eigenvalue weighted by Crippen LogP contribution is 2.28. The van der Waals surface area contributed by atoms with Crippen LogP contribution in [0.5, 0.6) is 0 Å². The van der Waals surface area contributed by atoms with Crippen molar-refractivity contribution >= 4 is 22.4 Å². The largest absolute Gasteiger partial charge is 0.377 e. The standard InChI is InChI=1S/C20H27N3O2/c1-5-25-19-13-23(4)12-17(19)21-20(24)16-10-11-18(22(2)3)15-9-7-6-8-14(15)16/h6-11,17,19H,5,12-13H2,1-4H3,(H,21,24)/t17-,19-/m1/s1. The third kappa shape index (κ3) is 3.62. The molecule has 0 spiro atoms. The molecule has 1 N–H and O–H groups in total. The van der Waals surface area contributed by atoms with Gasteiger partial charge in [-0.2, -0.15) is 0 Å². The number of benzene rings is 2. The number of carbonyl (C=O) groups is 1. The van der Waals surface area contributed by atoms with Gasteiger partial charge in [0.25, 0.3) is 5.91 Å². The van der Waals surface area contributed by atoms with E-state index in [1.807, 2.05) is 51.4 Å². The molecule has 1 saturated heterocycles.